The zero-order chi connectivity index (χ0) is 12.7. The van der Waals surface area contributed by atoms with Crippen molar-refractivity contribution in [1.82, 2.24) is 4.98 Å². The van der Waals surface area contributed by atoms with E-state index in [2.05, 4.69) is 4.98 Å². The van der Waals surface area contributed by atoms with Gasteiger partial charge >= 0.3 is 0 Å². The lowest BCUT2D eigenvalue weighted by Crippen LogP contribution is -1.77. The first-order valence-electron chi connectivity index (χ1n) is 5.22. The van der Waals surface area contributed by atoms with Crippen LogP contribution in [0.1, 0.15) is 0 Å². The fourth-order valence-electron chi connectivity index (χ4n) is 1.73. The average molecular weight is 278 g/mol. The van der Waals surface area contributed by atoms with E-state index in [0.29, 0.717) is 15.6 Å². The largest absolute Gasteiger partial charge is 0.508 e. The van der Waals surface area contributed by atoms with Crippen LogP contribution in [-0.2, 0) is 0 Å². The minimum Gasteiger partial charge on any atom is -0.508 e. The summed E-state index contributed by atoms with van der Waals surface area (Å²) in [5.41, 5.74) is 1.29. The molecule has 1 aromatic heterocycles. The molecule has 0 atom stereocenters. The van der Waals surface area contributed by atoms with Crippen LogP contribution in [0.4, 0.5) is 0 Å². The molecule has 90 valence electrons. The van der Waals surface area contributed by atoms with Gasteiger partial charge in [0.25, 0.3) is 0 Å². The molecule has 0 fully saturated rings. The Balaban J connectivity index is 2.26. The standard InChI is InChI=1S/C13H8ClNO2S/c14-9-2-1-3-10-12(9)18-13(15-10)8-6-7(16)4-5-11(8)17/h1-6,16-17H. The molecular formula is C13H8ClNO2S. The quantitative estimate of drug-likeness (QED) is 0.660. The van der Waals surface area contributed by atoms with E-state index >= 15 is 0 Å². The molecule has 2 N–H and O–H groups in total. The summed E-state index contributed by atoms with van der Waals surface area (Å²) >= 11 is 7.47. The second kappa shape index (κ2) is 4.15. The predicted molar refractivity (Wildman–Crippen MR) is 73.4 cm³/mol. The molecule has 0 amide bonds. The molecule has 0 aliphatic carbocycles. The monoisotopic (exact) mass is 277 g/mol. The smallest absolute Gasteiger partial charge is 0.128 e. The molecule has 0 aliphatic heterocycles. The minimum absolute atomic E-state index is 0.0861. The molecule has 0 bridgehead atoms. The van der Waals surface area contributed by atoms with Crippen molar-refractivity contribution in [3.8, 4) is 22.1 Å². The van der Waals surface area contributed by atoms with Crippen LogP contribution in [0.5, 0.6) is 11.5 Å². The van der Waals surface area contributed by atoms with Gasteiger partial charge in [-0.05, 0) is 30.3 Å². The van der Waals surface area contributed by atoms with Crippen molar-refractivity contribution in [2.45, 2.75) is 0 Å². The lowest BCUT2D eigenvalue weighted by atomic mass is 10.2. The number of aromatic nitrogens is 1. The van der Waals surface area contributed by atoms with Gasteiger partial charge in [-0.25, -0.2) is 4.98 Å². The van der Waals surface area contributed by atoms with Gasteiger partial charge in [0.15, 0.2) is 0 Å². The van der Waals surface area contributed by atoms with Crippen LogP contribution in [0, 0.1) is 0 Å². The molecule has 0 spiro atoms. The molecule has 3 rings (SSSR count). The fourth-order valence-corrected chi connectivity index (χ4v) is 3.01. The predicted octanol–water partition coefficient (Wildman–Crippen LogP) is 4.03. The van der Waals surface area contributed by atoms with Crippen LogP contribution in [0.25, 0.3) is 20.8 Å². The molecule has 3 nitrogen and oxygen atoms in total. The molecule has 3 aromatic rings. The highest BCUT2D eigenvalue weighted by Crippen LogP contribution is 2.39. The highest BCUT2D eigenvalue weighted by Gasteiger charge is 2.12. The lowest BCUT2D eigenvalue weighted by Gasteiger charge is -2.00. The summed E-state index contributed by atoms with van der Waals surface area (Å²) in [5, 5.41) is 20.5. The molecule has 0 unspecified atom stereocenters. The molecule has 0 saturated heterocycles. The molecule has 0 saturated carbocycles. The molecule has 0 aliphatic rings. The maximum atomic E-state index is 9.81. The fraction of sp³-hybridized carbons (Fsp3) is 0. The number of phenols is 2. The summed E-state index contributed by atoms with van der Waals surface area (Å²) in [7, 11) is 0. The molecule has 2 aromatic carbocycles. The number of rotatable bonds is 1. The summed E-state index contributed by atoms with van der Waals surface area (Å²) in [6.07, 6.45) is 0. The van der Waals surface area contributed by atoms with Crippen LogP contribution in [0.15, 0.2) is 36.4 Å². The minimum atomic E-state index is 0.0861. The van der Waals surface area contributed by atoms with Crippen molar-refractivity contribution in [2.24, 2.45) is 0 Å². The SMILES string of the molecule is Oc1ccc(O)c(-c2nc3cccc(Cl)c3s2)c1. The summed E-state index contributed by atoms with van der Waals surface area (Å²) in [6, 6.07) is 9.85. The number of aromatic hydroxyl groups is 2. The molecular weight excluding hydrogens is 270 g/mol. The van der Waals surface area contributed by atoms with Crippen molar-refractivity contribution < 1.29 is 10.2 Å². The Labute approximate surface area is 112 Å². The summed E-state index contributed by atoms with van der Waals surface area (Å²) in [5.74, 6) is 0.177. The first-order valence-corrected chi connectivity index (χ1v) is 6.42. The van der Waals surface area contributed by atoms with E-state index in [0.717, 1.165) is 10.2 Å². The van der Waals surface area contributed by atoms with Crippen LogP contribution in [-0.4, -0.2) is 15.2 Å². The Morgan fingerprint density at radius 3 is 2.72 bits per heavy atom. The third-order valence-corrected chi connectivity index (χ3v) is 4.14. The van der Waals surface area contributed by atoms with Gasteiger partial charge in [0.1, 0.15) is 16.5 Å². The van der Waals surface area contributed by atoms with Gasteiger partial charge in [0.05, 0.1) is 20.8 Å². The van der Waals surface area contributed by atoms with Gasteiger partial charge in [-0.15, -0.1) is 11.3 Å². The summed E-state index contributed by atoms with van der Waals surface area (Å²) < 4.78 is 0.872. The van der Waals surface area contributed by atoms with Crippen molar-refractivity contribution >= 4 is 33.2 Å². The second-order valence-corrected chi connectivity index (χ2v) is 5.21. The van der Waals surface area contributed by atoms with E-state index in [4.69, 9.17) is 11.6 Å². The molecule has 0 radical (unpaired) electrons. The maximum absolute atomic E-state index is 9.81. The van der Waals surface area contributed by atoms with Gasteiger partial charge in [-0.3, -0.25) is 0 Å². The van der Waals surface area contributed by atoms with Crippen molar-refractivity contribution in [3.63, 3.8) is 0 Å². The van der Waals surface area contributed by atoms with E-state index in [1.54, 1.807) is 6.07 Å². The van der Waals surface area contributed by atoms with Gasteiger partial charge in [-0.1, -0.05) is 17.7 Å². The highest BCUT2D eigenvalue weighted by molar-refractivity contribution is 7.22. The number of halogens is 1. The number of fused-ring (bicyclic) bond motifs is 1. The summed E-state index contributed by atoms with van der Waals surface area (Å²) in [4.78, 5) is 4.41. The number of nitrogens with zero attached hydrogens (tertiary/aromatic N) is 1. The van der Waals surface area contributed by atoms with E-state index in [1.165, 1.54) is 29.5 Å². The number of benzene rings is 2. The molecule has 18 heavy (non-hydrogen) atoms. The first kappa shape index (κ1) is 11.3. The number of hydrogen-bond donors (Lipinski definition) is 2. The van der Waals surface area contributed by atoms with Gasteiger partial charge in [-0.2, -0.15) is 0 Å². The Morgan fingerprint density at radius 1 is 1.11 bits per heavy atom. The normalized spacial score (nSPS) is 10.9. The van der Waals surface area contributed by atoms with Crippen molar-refractivity contribution in [2.75, 3.05) is 0 Å². The van der Waals surface area contributed by atoms with Crippen molar-refractivity contribution in [3.05, 3.63) is 41.4 Å². The molecule has 1 heterocycles. The van der Waals surface area contributed by atoms with Crippen molar-refractivity contribution in [1.29, 1.82) is 0 Å². The van der Waals surface area contributed by atoms with E-state index < -0.39 is 0 Å². The van der Waals surface area contributed by atoms with E-state index in [-0.39, 0.29) is 11.5 Å². The highest BCUT2D eigenvalue weighted by atomic mass is 35.5. The van der Waals surface area contributed by atoms with E-state index in [9.17, 15) is 10.2 Å². The average Bonchev–Trinajstić information content (AvgIpc) is 2.77. The first-order chi connectivity index (χ1) is 8.65. The lowest BCUT2D eigenvalue weighted by molar-refractivity contribution is 0.462. The zero-order valence-electron chi connectivity index (χ0n) is 9.09. The van der Waals surface area contributed by atoms with Crippen LogP contribution in [0.2, 0.25) is 5.02 Å². The van der Waals surface area contributed by atoms with E-state index in [1.807, 2.05) is 12.1 Å². The van der Waals surface area contributed by atoms with Gasteiger partial charge in [0, 0.05) is 0 Å². The Kier molecular flexibility index (Phi) is 2.61. The second-order valence-electron chi connectivity index (χ2n) is 3.81. The topological polar surface area (TPSA) is 53.4 Å². The third-order valence-electron chi connectivity index (χ3n) is 2.58. The number of thiazole rings is 1. The third kappa shape index (κ3) is 1.79. The Morgan fingerprint density at radius 2 is 1.94 bits per heavy atom. The number of phenolic OH excluding ortho intramolecular Hbond substituents is 2. The maximum Gasteiger partial charge on any atom is 0.128 e. The zero-order valence-corrected chi connectivity index (χ0v) is 10.7. The van der Waals surface area contributed by atoms with Crippen LogP contribution >= 0.6 is 22.9 Å². The van der Waals surface area contributed by atoms with Gasteiger partial charge in [0.2, 0.25) is 0 Å². The van der Waals surface area contributed by atoms with Gasteiger partial charge < -0.3 is 10.2 Å². The Bertz CT molecular complexity index is 739. The van der Waals surface area contributed by atoms with Crippen LogP contribution in [0.3, 0.4) is 0 Å². The summed E-state index contributed by atoms with van der Waals surface area (Å²) in [6.45, 7) is 0. The molecule has 5 heteroatoms. The number of hydrogen-bond acceptors (Lipinski definition) is 4. The Hall–Kier alpha value is -1.78. The van der Waals surface area contributed by atoms with Crippen LogP contribution < -0.4 is 0 Å².